The third kappa shape index (κ3) is 6.93. The van der Waals surface area contributed by atoms with Crippen LogP contribution in [0.15, 0.2) is 34.2 Å². The van der Waals surface area contributed by atoms with E-state index in [0.29, 0.717) is 5.41 Å². The zero-order valence-corrected chi connectivity index (χ0v) is 18.9. The minimum Gasteiger partial charge on any atom is -0.356 e. The molecular formula is C20H35IN4O. The molecule has 0 bridgehead atoms. The Morgan fingerprint density at radius 2 is 2.15 bits per heavy atom. The Balaban J connectivity index is 0.00000338. The molecule has 0 aliphatic carbocycles. The van der Waals surface area contributed by atoms with E-state index in [1.165, 1.54) is 25.7 Å². The summed E-state index contributed by atoms with van der Waals surface area (Å²) in [5.74, 6) is 1.03. The summed E-state index contributed by atoms with van der Waals surface area (Å²) in [5.41, 5.74) is 0.494. The number of piperidine rings is 1. The van der Waals surface area contributed by atoms with Gasteiger partial charge in [-0.05, 0) is 43.6 Å². The third-order valence-electron chi connectivity index (χ3n) is 5.15. The van der Waals surface area contributed by atoms with E-state index in [-0.39, 0.29) is 29.5 Å². The second kappa shape index (κ2) is 11.6. The highest BCUT2D eigenvalue weighted by Gasteiger charge is 2.31. The van der Waals surface area contributed by atoms with Crippen LogP contribution in [0.1, 0.15) is 52.4 Å². The summed E-state index contributed by atoms with van der Waals surface area (Å²) in [6.07, 6.45) is 8.97. The molecule has 0 spiro atoms. The minimum atomic E-state index is 0. The number of nitrogens with one attached hydrogen (secondary N) is 1. The maximum atomic E-state index is 11.7. The molecule has 2 rings (SSSR count). The summed E-state index contributed by atoms with van der Waals surface area (Å²) in [7, 11) is 1.87. The van der Waals surface area contributed by atoms with Gasteiger partial charge in [0.15, 0.2) is 5.96 Å². The summed E-state index contributed by atoms with van der Waals surface area (Å²) in [6, 6.07) is 5.31. The lowest BCUT2D eigenvalue weighted by atomic mass is 9.78. The van der Waals surface area contributed by atoms with Gasteiger partial charge >= 0.3 is 0 Å². The van der Waals surface area contributed by atoms with Gasteiger partial charge in [0.2, 0.25) is 5.56 Å². The molecule has 1 aromatic heterocycles. The minimum absolute atomic E-state index is 0. The van der Waals surface area contributed by atoms with Crippen LogP contribution in [-0.4, -0.2) is 42.1 Å². The van der Waals surface area contributed by atoms with E-state index in [1.54, 1.807) is 16.7 Å². The van der Waals surface area contributed by atoms with Gasteiger partial charge in [0.05, 0.1) is 0 Å². The van der Waals surface area contributed by atoms with Crippen LogP contribution in [0.5, 0.6) is 0 Å². The molecule has 0 saturated carbocycles. The first kappa shape index (κ1) is 23.0. The molecule has 1 N–H and O–H groups in total. The lowest BCUT2D eigenvalue weighted by Gasteiger charge is -2.42. The average molecular weight is 474 g/mol. The highest BCUT2D eigenvalue weighted by molar-refractivity contribution is 14.0. The average Bonchev–Trinajstić information content (AvgIpc) is 2.59. The molecule has 0 aromatic carbocycles. The fourth-order valence-corrected chi connectivity index (χ4v) is 3.89. The zero-order chi connectivity index (χ0) is 18.1. The first-order valence-corrected chi connectivity index (χ1v) is 9.69. The van der Waals surface area contributed by atoms with Crippen LogP contribution in [0.4, 0.5) is 0 Å². The number of hydrogen-bond acceptors (Lipinski definition) is 2. The van der Waals surface area contributed by atoms with Crippen LogP contribution < -0.4 is 10.9 Å². The van der Waals surface area contributed by atoms with Crippen molar-refractivity contribution in [1.82, 2.24) is 14.8 Å². The fourth-order valence-electron chi connectivity index (χ4n) is 3.89. The predicted octanol–water partition coefficient (Wildman–Crippen LogP) is 3.72. The maximum absolute atomic E-state index is 11.7. The van der Waals surface area contributed by atoms with E-state index < -0.39 is 0 Å². The summed E-state index contributed by atoms with van der Waals surface area (Å²) >= 11 is 0. The van der Waals surface area contributed by atoms with Gasteiger partial charge in [-0.3, -0.25) is 9.79 Å². The SMILES string of the molecule is CCCC1(C)CCCN(C(=NC)NCCCCn2ccccc2=O)C1.I. The van der Waals surface area contributed by atoms with Gasteiger partial charge in [0, 0.05) is 45.5 Å². The van der Waals surface area contributed by atoms with E-state index in [1.807, 2.05) is 19.3 Å². The van der Waals surface area contributed by atoms with E-state index in [4.69, 9.17) is 0 Å². The van der Waals surface area contributed by atoms with E-state index >= 15 is 0 Å². The number of pyridine rings is 1. The van der Waals surface area contributed by atoms with E-state index in [9.17, 15) is 4.79 Å². The van der Waals surface area contributed by atoms with Gasteiger partial charge in [-0.2, -0.15) is 0 Å². The number of rotatable bonds is 7. The quantitative estimate of drug-likeness (QED) is 0.284. The van der Waals surface area contributed by atoms with Crippen molar-refractivity contribution in [3.05, 3.63) is 34.7 Å². The molecule has 1 saturated heterocycles. The zero-order valence-electron chi connectivity index (χ0n) is 16.5. The Morgan fingerprint density at radius 3 is 2.85 bits per heavy atom. The van der Waals surface area contributed by atoms with Crippen molar-refractivity contribution in [1.29, 1.82) is 0 Å². The van der Waals surface area contributed by atoms with E-state index in [0.717, 1.165) is 45.0 Å². The largest absolute Gasteiger partial charge is 0.356 e. The Kier molecular flexibility index (Phi) is 10.3. The van der Waals surface area contributed by atoms with Gasteiger partial charge in [0.25, 0.3) is 0 Å². The lowest BCUT2D eigenvalue weighted by Crippen LogP contribution is -2.50. The molecule has 0 radical (unpaired) electrons. The highest BCUT2D eigenvalue weighted by Crippen LogP contribution is 2.33. The number of aryl methyl sites for hydroxylation is 1. The number of likely N-dealkylation sites (tertiary alicyclic amines) is 1. The lowest BCUT2D eigenvalue weighted by molar-refractivity contribution is 0.142. The van der Waals surface area contributed by atoms with Crippen molar-refractivity contribution >= 4 is 29.9 Å². The molecule has 1 unspecified atom stereocenters. The number of hydrogen-bond donors (Lipinski definition) is 1. The molecule has 1 aliphatic heterocycles. The molecule has 148 valence electrons. The van der Waals surface area contributed by atoms with Gasteiger partial charge in [-0.25, -0.2) is 0 Å². The van der Waals surface area contributed by atoms with E-state index in [2.05, 4.69) is 29.1 Å². The van der Waals surface area contributed by atoms with Crippen LogP contribution in [0.2, 0.25) is 0 Å². The van der Waals surface area contributed by atoms with Crippen LogP contribution in [0.3, 0.4) is 0 Å². The van der Waals surface area contributed by atoms with Gasteiger partial charge in [-0.1, -0.05) is 26.3 Å². The first-order valence-electron chi connectivity index (χ1n) is 9.69. The monoisotopic (exact) mass is 474 g/mol. The number of guanidine groups is 1. The van der Waals surface area contributed by atoms with Gasteiger partial charge < -0.3 is 14.8 Å². The Hall–Kier alpha value is -1.05. The normalized spacial score (nSPS) is 20.6. The summed E-state index contributed by atoms with van der Waals surface area (Å²) in [4.78, 5) is 18.6. The van der Waals surface area contributed by atoms with Crippen LogP contribution in [-0.2, 0) is 6.54 Å². The molecule has 26 heavy (non-hydrogen) atoms. The van der Waals surface area contributed by atoms with Crippen LogP contribution in [0.25, 0.3) is 0 Å². The molecule has 1 aromatic rings. The van der Waals surface area contributed by atoms with Crippen molar-refractivity contribution in [2.24, 2.45) is 10.4 Å². The maximum Gasteiger partial charge on any atom is 0.250 e. The molecule has 1 fully saturated rings. The van der Waals surface area contributed by atoms with Gasteiger partial charge in [0.1, 0.15) is 0 Å². The highest BCUT2D eigenvalue weighted by atomic mass is 127. The van der Waals surface area contributed by atoms with Crippen molar-refractivity contribution in [3.63, 3.8) is 0 Å². The smallest absolute Gasteiger partial charge is 0.250 e. The standard InChI is InChI=1S/C20H34N4O.HI/c1-4-11-20(2)12-9-16-24(17-20)19(21-3)22-13-6-8-15-23-14-7-5-10-18(23)25;/h5,7,10,14H,4,6,8-9,11-13,15-17H2,1-3H3,(H,21,22);1H. The second-order valence-electron chi connectivity index (χ2n) is 7.50. The van der Waals surface area contributed by atoms with Crippen molar-refractivity contribution in [2.45, 2.75) is 58.9 Å². The Labute approximate surface area is 175 Å². The number of halogens is 1. The van der Waals surface area contributed by atoms with Crippen molar-refractivity contribution in [2.75, 3.05) is 26.7 Å². The summed E-state index contributed by atoms with van der Waals surface area (Å²) in [6.45, 7) is 8.55. The predicted molar refractivity (Wildman–Crippen MR) is 121 cm³/mol. The number of aliphatic imine (C=N–C) groups is 1. The second-order valence-corrected chi connectivity index (χ2v) is 7.50. The fraction of sp³-hybridized carbons (Fsp3) is 0.700. The van der Waals surface area contributed by atoms with Crippen molar-refractivity contribution in [3.8, 4) is 0 Å². The molecule has 2 heterocycles. The Bertz CT molecular complexity index is 612. The number of aromatic nitrogens is 1. The molecule has 5 nitrogen and oxygen atoms in total. The number of nitrogens with zero attached hydrogens (tertiary/aromatic N) is 3. The molecule has 1 aliphatic rings. The molecule has 1 atom stereocenters. The summed E-state index contributed by atoms with van der Waals surface area (Å²) < 4.78 is 1.77. The van der Waals surface area contributed by atoms with Gasteiger partial charge in [-0.15, -0.1) is 24.0 Å². The topological polar surface area (TPSA) is 49.6 Å². The van der Waals surface area contributed by atoms with Crippen LogP contribution in [0, 0.1) is 5.41 Å². The molecule has 0 amide bonds. The molecule has 6 heteroatoms. The van der Waals surface area contributed by atoms with Crippen LogP contribution >= 0.6 is 24.0 Å². The Morgan fingerprint density at radius 1 is 1.35 bits per heavy atom. The van der Waals surface area contributed by atoms with Crippen molar-refractivity contribution < 1.29 is 0 Å². The molecular weight excluding hydrogens is 439 g/mol. The third-order valence-corrected chi connectivity index (χ3v) is 5.15. The summed E-state index contributed by atoms with van der Waals surface area (Å²) in [5, 5.41) is 3.51. The first-order chi connectivity index (χ1) is 12.1. The number of unbranched alkanes of at least 4 members (excludes halogenated alkanes) is 1.